The van der Waals surface area contributed by atoms with Crippen LogP contribution in [0.25, 0.3) is 10.8 Å². The molecule has 0 spiro atoms. The van der Waals surface area contributed by atoms with E-state index in [1.54, 1.807) is 0 Å². The van der Waals surface area contributed by atoms with Gasteiger partial charge in [-0.2, -0.15) is 0 Å². The molecular formula is C16H21N3. The molecular weight excluding hydrogens is 234 g/mol. The summed E-state index contributed by atoms with van der Waals surface area (Å²) in [7, 11) is 0. The Morgan fingerprint density at radius 1 is 1.21 bits per heavy atom. The first-order chi connectivity index (χ1) is 9.34. The van der Waals surface area contributed by atoms with Crippen LogP contribution in [0.2, 0.25) is 0 Å². The summed E-state index contributed by atoms with van der Waals surface area (Å²) in [6.45, 7) is 6.81. The second kappa shape index (κ2) is 5.68. The summed E-state index contributed by atoms with van der Waals surface area (Å²) in [6.07, 6.45) is 2.96. The average molecular weight is 255 g/mol. The number of rotatable bonds is 3. The van der Waals surface area contributed by atoms with E-state index in [9.17, 15) is 0 Å². The minimum Gasteiger partial charge on any atom is -0.314 e. The van der Waals surface area contributed by atoms with Gasteiger partial charge in [-0.25, -0.2) is 0 Å². The van der Waals surface area contributed by atoms with Crippen LogP contribution in [-0.2, 0) is 6.42 Å². The van der Waals surface area contributed by atoms with Crippen molar-refractivity contribution < 1.29 is 0 Å². The summed E-state index contributed by atoms with van der Waals surface area (Å²) >= 11 is 0. The summed E-state index contributed by atoms with van der Waals surface area (Å²) in [4.78, 5) is 7.15. The van der Waals surface area contributed by atoms with Gasteiger partial charge in [0.2, 0.25) is 0 Å². The van der Waals surface area contributed by atoms with Crippen molar-refractivity contribution in [3.05, 3.63) is 42.2 Å². The first-order valence-corrected chi connectivity index (χ1v) is 7.12. The predicted molar refractivity (Wildman–Crippen MR) is 79.4 cm³/mol. The Balaban J connectivity index is 1.80. The number of nitrogens with one attached hydrogen (secondary N) is 1. The fourth-order valence-corrected chi connectivity index (χ4v) is 2.88. The number of nitrogens with zero attached hydrogens (tertiary/aromatic N) is 2. The monoisotopic (exact) mass is 255 g/mol. The quantitative estimate of drug-likeness (QED) is 0.910. The smallest absolute Gasteiger partial charge is 0.0497 e. The molecule has 3 nitrogen and oxygen atoms in total. The normalized spacial score (nSPS) is 18.6. The summed E-state index contributed by atoms with van der Waals surface area (Å²) in [6, 6.07) is 11.2. The van der Waals surface area contributed by atoms with Crippen molar-refractivity contribution in [2.75, 3.05) is 26.2 Å². The molecule has 1 atom stereocenters. The van der Waals surface area contributed by atoms with E-state index in [2.05, 4.69) is 52.5 Å². The van der Waals surface area contributed by atoms with Crippen LogP contribution in [0.15, 0.2) is 36.5 Å². The molecule has 0 amide bonds. The van der Waals surface area contributed by atoms with Gasteiger partial charge in [0, 0.05) is 55.9 Å². The maximum Gasteiger partial charge on any atom is 0.0497 e. The highest BCUT2D eigenvalue weighted by Crippen LogP contribution is 2.18. The van der Waals surface area contributed by atoms with Crippen molar-refractivity contribution in [2.45, 2.75) is 19.4 Å². The molecule has 2 heterocycles. The van der Waals surface area contributed by atoms with Gasteiger partial charge >= 0.3 is 0 Å². The molecule has 1 fully saturated rings. The van der Waals surface area contributed by atoms with E-state index < -0.39 is 0 Å². The maximum atomic E-state index is 4.60. The van der Waals surface area contributed by atoms with Gasteiger partial charge in [0.05, 0.1) is 0 Å². The van der Waals surface area contributed by atoms with Gasteiger partial charge in [0.25, 0.3) is 0 Å². The van der Waals surface area contributed by atoms with E-state index >= 15 is 0 Å². The Morgan fingerprint density at radius 2 is 2.00 bits per heavy atom. The Kier molecular flexibility index (Phi) is 3.76. The first-order valence-electron chi connectivity index (χ1n) is 7.12. The van der Waals surface area contributed by atoms with Crippen molar-refractivity contribution in [3.8, 4) is 0 Å². The standard InChI is InChI=1S/C16H21N3/c1-13(19-10-8-17-9-11-19)12-16-15-5-3-2-4-14(15)6-7-18-16/h2-7,13,17H,8-12H2,1H3. The molecule has 3 heteroatoms. The molecule has 1 unspecified atom stereocenters. The molecule has 0 aliphatic carbocycles. The molecule has 1 N–H and O–H groups in total. The molecule has 19 heavy (non-hydrogen) atoms. The molecule has 1 aliphatic rings. The van der Waals surface area contributed by atoms with Crippen LogP contribution < -0.4 is 5.32 Å². The summed E-state index contributed by atoms with van der Waals surface area (Å²) in [5.74, 6) is 0. The first kappa shape index (κ1) is 12.6. The lowest BCUT2D eigenvalue weighted by Gasteiger charge is -2.32. The number of benzene rings is 1. The predicted octanol–water partition coefficient (Wildman–Crippen LogP) is 2.07. The van der Waals surface area contributed by atoms with Gasteiger partial charge < -0.3 is 5.32 Å². The number of hydrogen-bond acceptors (Lipinski definition) is 3. The van der Waals surface area contributed by atoms with E-state index in [0.29, 0.717) is 6.04 Å². The van der Waals surface area contributed by atoms with Crippen LogP contribution in [0.3, 0.4) is 0 Å². The van der Waals surface area contributed by atoms with Crippen molar-refractivity contribution in [1.82, 2.24) is 15.2 Å². The summed E-state index contributed by atoms with van der Waals surface area (Å²) in [5, 5.41) is 6.00. The van der Waals surface area contributed by atoms with Gasteiger partial charge in [0.1, 0.15) is 0 Å². The molecule has 3 rings (SSSR count). The lowest BCUT2D eigenvalue weighted by molar-refractivity contribution is 0.183. The zero-order valence-corrected chi connectivity index (χ0v) is 11.5. The fourth-order valence-electron chi connectivity index (χ4n) is 2.88. The second-order valence-corrected chi connectivity index (χ2v) is 5.32. The SMILES string of the molecule is CC(Cc1nccc2ccccc12)N1CCNCC1. The van der Waals surface area contributed by atoms with Crippen LogP contribution in [0.5, 0.6) is 0 Å². The minimum atomic E-state index is 0.556. The van der Waals surface area contributed by atoms with Gasteiger partial charge in [-0.3, -0.25) is 9.88 Å². The highest BCUT2D eigenvalue weighted by atomic mass is 15.2. The van der Waals surface area contributed by atoms with Crippen LogP contribution in [0, 0.1) is 0 Å². The lowest BCUT2D eigenvalue weighted by Crippen LogP contribution is -2.48. The van der Waals surface area contributed by atoms with Gasteiger partial charge in [-0.1, -0.05) is 24.3 Å². The van der Waals surface area contributed by atoms with E-state index in [0.717, 1.165) is 32.6 Å². The van der Waals surface area contributed by atoms with E-state index in [-0.39, 0.29) is 0 Å². The average Bonchev–Trinajstić information content (AvgIpc) is 2.48. The zero-order valence-electron chi connectivity index (χ0n) is 11.5. The third kappa shape index (κ3) is 2.77. The van der Waals surface area contributed by atoms with Crippen molar-refractivity contribution >= 4 is 10.8 Å². The highest BCUT2D eigenvalue weighted by Gasteiger charge is 2.17. The molecule has 1 aliphatic heterocycles. The second-order valence-electron chi connectivity index (χ2n) is 5.32. The minimum absolute atomic E-state index is 0.556. The van der Waals surface area contributed by atoms with Gasteiger partial charge in [-0.15, -0.1) is 0 Å². The molecule has 100 valence electrons. The summed E-state index contributed by atoms with van der Waals surface area (Å²) < 4.78 is 0. The highest BCUT2D eigenvalue weighted by molar-refractivity contribution is 5.84. The summed E-state index contributed by atoms with van der Waals surface area (Å²) in [5.41, 5.74) is 1.23. The topological polar surface area (TPSA) is 28.2 Å². The Labute approximate surface area is 114 Å². The number of fused-ring (bicyclic) bond motifs is 1. The molecule has 1 aromatic heterocycles. The molecule has 1 saturated heterocycles. The van der Waals surface area contributed by atoms with Crippen molar-refractivity contribution in [2.24, 2.45) is 0 Å². The fraction of sp³-hybridized carbons (Fsp3) is 0.438. The lowest BCUT2D eigenvalue weighted by atomic mass is 10.0. The molecule has 1 aromatic carbocycles. The third-order valence-electron chi connectivity index (χ3n) is 4.02. The van der Waals surface area contributed by atoms with Crippen LogP contribution in [0.4, 0.5) is 0 Å². The largest absolute Gasteiger partial charge is 0.314 e. The van der Waals surface area contributed by atoms with Crippen molar-refractivity contribution in [3.63, 3.8) is 0 Å². The molecule has 0 bridgehead atoms. The third-order valence-corrected chi connectivity index (χ3v) is 4.02. The maximum absolute atomic E-state index is 4.60. The Hall–Kier alpha value is -1.45. The van der Waals surface area contributed by atoms with Crippen LogP contribution in [-0.4, -0.2) is 42.1 Å². The number of aromatic nitrogens is 1. The zero-order chi connectivity index (χ0) is 13.1. The molecule has 2 aromatic rings. The number of hydrogen-bond donors (Lipinski definition) is 1. The van der Waals surface area contributed by atoms with Crippen LogP contribution >= 0.6 is 0 Å². The van der Waals surface area contributed by atoms with Crippen molar-refractivity contribution in [1.29, 1.82) is 0 Å². The molecule has 0 saturated carbocycles. The van der Waals surface area contributed by atoms with Gasteiger partial charge in [-0.05, 0) is 18.4 Å². The van der Waals surface area contributed by atoms with Crippen LogP contribution in [0.1, 0.15) is 12.6 Å². The number of pyridine rings is 1. The van der Waals surface area contributed by atoms with E-state index in [1.165, 1.54) is 16.5 Å². The molecule has 0 radical (unpaired) electrons. The number of piperazine rings is 1. The Morgan fingerprint density at radius 3 is 2.84 bits per heavy atom. The van der Waals surface area contributed by atoms with E-state index in [1.807, 2.05) is 6.20 Å². The van der Waals surface area contributed by atoms with E-state index in [4.69, 9.17) is 0 Å². The van der Waals surface area contributed by atoms with Gasteiger partial charge in [0.15, 0.2) is 0 Å². The Bertz CT molecular complexity index is 541.